The van der Waals surface area contributed by atoms with Crippen LogP contribution in [-0.4, -0.2) is 24.3 Å². The smallest absolute Gasteiger partial charge is 0.247 e. The van der Waals surface area contributed by atoms with Gasteiger partial charge in [0.25, 0.3) is 0 Å². The molecule has 0 amide bonds. The SMILES string of the molecule is Cc1nnc(-c2ccc3occ(-c4ccc(N(C)C)cc4)c3c2)o1. The zero-order chi connectivity index (χ0) is 16.7. The van der Waals surface area contributed by atoms with Crippen molar-refractivity contribution in [3.8, 4) is 22.6 Å². The second-order valence-electron chi connectivity index (χ2n) is 5.93. The second kappa shape index (κ2) is 5.53. The molecule has 24 heavy (non-hydrogen) atoms. The first kappa shape index (κ1) is 14.5. The fraction of sp³-hybridized carbons (Fsp3) is 0.158. The highest BCUT2D eigenvalue weighted by Crippen LogP contribution is 2.34. The number of benzene rings is 2. The van der Waals surface area contributed by atoms with Crippen molar-refractivity contribution in [3.63, 3.8) is 0 Å². The summed E-state index contributed by atoms with van der Waals surface area (Å²) in [4.78, 5) is 2.08. The standard InChI is InChI=1S/C19H17N3O2/c1-12-20-21-19(24-12)14-6-9-18-16(10-14)17(11-23-18)13-4-7-15(8-5-13)22(2)3/h4-11H,1-3H3. The van der Waals surface area contributed by atoms with Crippen LogP contribution < -0.4 is 4.90 Å². The Morgan fingerprint density at radius 2 is 1.67 bits per heavy atom. The Morgan fingerprint density at radius 3 is 2.33 bits per heavy atom. The van der Waals surface area contributed by atoms with Crippen LogP contribution in [0.4, 0.5) is 5.69 Å². The van der Waals surface area contributed by atoms with E-state index in [1.807, 2.05) is 32.3 Å². The Balaban J connectivity index is 1.81. The minimum absolute atomic E-state index is 0.518. The monoisotopic (exact) mass is 319 g/mol. The van der Waals surface area contributed by atoms with Gasteiger partial charge in [-0.2, -0.15) is 0 Å². The maximum absolute atomic E-state index is 5.70. The third-order valence-corrected chi connectivity index (χ3v) is 4.04. The van der Waals surface area contributed by atoms with E-state index in [4.69, 9.17) is 8.83 Å². The fourth-order valence-electron chi connectivity index (χ4n) is 2.74. The van der Waals surface area contributed by atoms with Gasteiger partial charge in [0.15, 0.2) is 0 Å². The van der Waals surface area contributed by atoms with Gasteiger partial charge in [-0.15, -0.1) is 10.2 Å². The molecule has 0 aliphatic carbocycles. The van der Waals surface area contributed by atoms with Crippen molar-refractivity contribution in [2.24, 2.45) is 0 Å². The summed E-state index contributed by atoms with van der Waals surface area (Å²) in [6, 6.07) is 14.3. The molecule has 5 nitrogen and oxygen atoms in total. The summed E-state index contributed by atoms with van der Waals surface area (Å²) in [5, 5.41) is 9.01. The third-order valence-electron chi connectivity index (χ3n) is 4.04. The average Bonchev–Trinajstić information content (AvgIpc) is 3.20. The molecule has 2 aromatic heterocycles. The Bertz CT molecular complexity index is 997. The van der Waals surface area contributed by atoms with E-state index in [-0.39, 0.29) is 0 Å². The van der Waals surface area contributed by atoms with Crippen molar-refractivity contribution in [1.82, 2.24) is 10.2 Å². The summed E-state index contributed by atoms with van der Waals surface area (Å²) < 4.78 is 11.2. The first-order valence-electron chi connectivity index (χ1n) is 7.71. The molecule has 0 bridgehead atoms. The van der Waals surface area contributed by atoms with Gasteiger partial charge in [-0.3, -0.25) is 0 Å². The predicted molar refractivity (Wildman–Crippen MR) is 94.0 cm³/mol. The van der Waals surface area contributed by atoms with E-state index in [0.717, 1.165) is 33.3 Å². The zero-order valence-electron chi connectivity index (χ0n) is 13.8. The number of aryl methyl sites for hydroxylation is 1. The summed E-state index contributed by atoms with van der Waals surface area (Å²) in [6.07, 6.45) is 1.79. The lowest BCUT2D eigenvalue weighted by molar-refractivity contribution is 0.533. The Morgan fingerprint density at radius 1 is 0.917 bits per heavy atom. The molecule has 0 saturated heterocycles. The molecule has 0 spiro atoms. The zero-order valence-corrected chi connectivity index (χ0v) is 13.8. The van der Waals surface area contributed by atoms with Crippen molar-refractivity contribution in [3.05, 3.63) is 54.6 Å². The molecule has 5 heteroatoms. The lowest BCUT2D eigenvalue weighted by Gasteiger charge is -2.12. The summed E-state index contributed by atoms with van der Waals surface area (Å²) >= 11 is 0. The second-order valence-corrected chi connectivity index (χ2v) is 5.93. The van der Waals surface area contributed by atoms with Gasteiger partial charge in [-0.05, 0) is 35.9 Å². The molecule has 0 N–H and O–H groups in total. The van der Waals surface area contributed by atoms with Crippen molar-refractivity contribution in [2.75, 3.05) is 19.0 Å². The summed E-state index contributed by atoms with van der Waals surface area (Å²) in [5.74, 6) is 1.07. The van der Waals surface area contributed by atoms with Crippen molar-refractivity contribution in [1.29, 1.82) is 0 Å². The number of anilines is 1. The van der Waals surface area contributed by atoms with E-state index < -0.39 is 0 Å². The number of nitrogens with zero attached hydrogens (tertiary/aromatic N) is 3. The van der Waals surface area contributed by atoms with Crippen LogP contribution in [0.3, 0.4) is 0 Å². The van der Waals surface area contributed by atoms with Crippen molar-refractivity contribution in [2.45, 2.75) is 6.92 Å². The molecule has 0 saturated carbocycles. The topological polar surface area (TPSA) is 55.3 Å². The van der Waals surface area contributed by atoms with Crippen LogP contribution >= 0.6 is 0 Å². The highest BCUT2D eigenvalue weighted by Gasteiger charge is 2.12. The van der Waals surface area contributed by atoms with Crippen LogP contribution in [-0.2, 0) is 0 Å². The highest BCUT2D eigenvalue weighted by atomic mass is 16.4. The maximum atomic E-state index is 5.70. The van der Waals surface area contributed by atoms with Crippen LogP contribution in [0.2, 0.25) is 0 Å². The molecule has 4 rings (SSSR count). The molecule has 120 valence electrons. The maximum Gasteiger partial charge on any atom is 0.247 e. The van der Waals surface area contributed by atoms with Crippen molar-refractivity contribution < 1.29 is 8.83 Å². The fourth-order valence-corrected chi connectivity index (χ4v) is 2.74. The van der Waals surface area contributed by atoms with E-state index in [0.29, 0.717) is 11.8 Å². The molecule has 0 aliphatic heterocycles. The molecule has 2 heterocycles. The lowest BCUT2D eigenvalue weighted by atomic mass is 10.0. The summed E-state index contributed by atoms with van der Waals surface area (Å²) in [5.41, 5.74) is 5.04. The van der Waals surface area contributed by atoms with E-state index in [1.54, 1.807) is 13.2 Å². The van der Waals surface area contributed by atoms with Crippen LogP contribution in [0.5, 0.6) is 0 Å². The first-order chi connectivity index (χ1) is 11.6. The van der Waals surface area contributed by atoms with E-state index in [2.05, 4.69) is 39.4 Å². The van der Waals surface area contributed by atoms with Gasteiger partial charge in [0.05, 0.1) is 6.26 Å². The van der Waals surface area contributed by atoms with Gasteiger partial charge in [0.1, 0.15) is 5.58 Å². The number of hydrogen-bond acceptors (Lipinski definition) is 5. The lowest BCUT2D eigenvalue weighted by Crippen LogP contribution is -2.07. The molecule has 2 aromatic carbocycles. The van der Waals surface area contributed by atoms with E-state index >= 15 is 0 Å². The van der Waals surface area contributed by atoms with Gasteiger partial charge < -0.3 is 13.7 Å². The Hall–Kier alpha value is -3.08. The number of furan rings is 1. The quantitative estimate of drug-likeness (QED) is 0.555. The molecule has 4 aromatic rings. The molecule has 0 fully saturated rings. The third kappa shape index (κ3) is 2.44. The first-order valence-corrected chi connectivity index (χ1v) is 7.71. The summed E-state index contributed by atoms with van der Waals surface area (Å²) in [7, 11) is 4.06. The normalized spacial score (nSPS) is 11.1. The molecular weight excluding hydrogens is 302 g/mol. The average molecular weight is 319 g/mol. The van der Waals surface area contributed by atoms with Gasteiger partial charge in [0.2, 0.25) is 11.8 Å². The Kier molecular flexibility index (Phi) is 3.34. The van der Waals surface area contributed by atoms with Crippen LogP contribution in [0.25, 0.3) is 33.6 Å². The minimum Gasteiger partial charge on any atom is -0.464 e. The van der Waals surface area contributed by atoms with Crippen LogP contribution in [0, 0.1) is 6.92 Å². The number of fused-ring (bicyclic) bond motifs is 1. The highest BCUT2D eigenvalue weighted by molar-refractivity contribution is 5.96. The molecule has 0 unspecified atom stereocenters. The van der Waals surface area contributed by atoms with Gasteiger partial charge in [-0.25, -0.2) is 0 Å². The molecule has 0 atom stereocenters. The molecule has 0 radical (unpaired) electrons. The minimum atomic E-state index is 0.518. The number of hydrogen-bond donors (Lipinski definition) is 0. The van der Waals surface area contributed by atoms with Gasteiger partial charge in [-0.1, -0.05) is 12.1 Å². The Labute approximate surface area is 139 Å². The van der Waals surface area contributed by atoms with Crippen LogP contribution in [0.15, 0.2) is 57.6 Å². The largest absolute Gasteiger partial charge is 0.464 e. The van der Waals surface area contributed by atoms with Crippen molar-refractivity contribution >= 4 is 16.7 Å². The predicted octanol–water partition coefficient (Wildman–Crippen LogP) is 4.52. The number of aromatic nitrogens is 2. The summed E-state index contributed by atoms with van der Waals surface area (Å²) in [6.45, 7) is 1.78. The molecule has 0 aliphatic rings. The van der Waals surface area contributed by atoms with E-state index in [9.17, 15) is 0 Å². The van der Waals surface area contributed by atoms with Gasteiger partial charge >= 0.3 is 0 Å². The van der Waals surface area contributed by atoms with Crippen LogP contribution in [0.1, 0.15) is 5.89 Å². The van der Waals surface area contributed by atoms with E-state index in [1.165, 1.54) is 0 Å². The number of rotatable bonds is 3. The molecular formula is C19H17N3O2. The van der Waals surface area contributed by atoms with Gasteiger partial charge in [0, 0.05) is 43.2 Å².